The minimum Gasteiger partial charge on any atom is -0.461 e. The molecular weight excluding hydrogens is 244 g/mol. The number of carbonyl (C=O) groups excluding carboxylic acids is 2. The molecular formula is C15H18O4. The molecule has 5 rings (SSSR count). The predicted octanol–water partition coefficient (Wildman–Crippen LogP) is 1.55. The van der Waals surface area contributed by atoms with Gasteiger partial charge in [-0.15, -0.1) is 0 Å². The van der Waals surface area contributed by atoms with Crippen LogP contribution in [0.2, 0.25) is 0 Å². The molecule has 4 fully saturated rings. The van der Waals surface area contributed by atoms with Crippen molar-refractivity contribution in [2.24, 2.45) is 35.5 Å². The Kier molecular flexibility index (Phi) is 2.19. The van der Waals surface area contributed by atoms with E-state index < -0.39 is 0 Å². The van der Waals surface area contributed by atoms with Crippen LogP contribution in [0, 0.1) is 35.5 Å². The average molecular weight is 262 g/mol. The van der Waals surface area contributed by atoms with Gasteiger partial charge in [0.1, 0.15) is 13.2 Å². The van der Waals surface area contributed by atoms with Crippen molar-refractivity contribution in [1.29, 1.82) is 0 Å². The SMILES string of the molecule is CC(=O)OCC1=C(COC(C)=O)C2C3CC4C(C13)C42. The van der Waals surface area contributed by atoms with Crippen LogP contribution in [-0.4, -0.2) is 25.2 Å². The molecule has 4 saturated carbocycles. The van der Waals surface area contributed by atoms with E-state index in [0.29, 0.717) is 25.0 Å². The maximum atomic E-state index is 11.0. The fourth-order valence-corrected chi connectivity index (χ4v) is 5.30. The molecule has 0 spiro atoms. The number of hydrogen-bond donors (Lipinski definition) is 0. The molecule has 0 aliphatic heterocycles. The fraction of sp³-hybridized carbons (Fsp3) is 0.733. The molecule has 0 aromatic heterocycles. The van der Waals surface area contributed by atoms with Crippen molar-refractivity contribution in [3.63, 3.8) is 0 Å². The smallest absolute Gasteiger partial charge is 0.302 e. The highest BCUT2D eigenvalue weighted by Crippen LogP contribution is 2.81. The lowest BCUT2D eigenvalue weighted by Crippen LogP contribution is -2.17. The Balaban J connectivity index is 1.58. The Morgan fingerprint density at radius 2 is 1.42 bits per heavy atom. The van der Waals surface area contributed by atoms with Crippen LogP contribution in [0.5, 0.6) is 0 Å². The zero-order chi connectivity index (χ0) is 13.3. The average Bonchev–Trinajstić information content (AvgIpc) is 2.72. The molecule has 0 N–H and O–H groups in total. The molecule has 0 saturated heterocycles. The Hall–Kier alpha value is -1.32. The maximum absolute atomic E-state index is 11.0. The van der Waals surface area contributed by atoms with Gasteiger partial charge in [-0.3, -0.25) is 9.59 Å². The van der Waals surface area contributed by atoms with E-state index in [9.17, 15) is 9.59 Å². The third-order valence-corrected chi connectivity index (χ3v) is 5.67. The van der Waals surface area contributed by atoms with Crippen molar-refractivity contribution in [3.05, 3.63) is 11.1 Å². The normalized spacial score (nSPS) is 43.7. The second kappa shape index (κ2) is 3.62. The van der Waals surface area contributed by atoms with Gasteiger partial charge in [0.05, 0.1) is 0 Å². The van der Waals surface area contributed by atoms with Crippen LogP contribution < -0.4 is 0 Å². The second-order valence-corrected chi connectivity index (χ2v) is 6.38. The number of esters is 2. The van der Waals surface area contributed by atoms with Gasteiger partial charge in [-0.25, -0.2) is 0 Å². The summed E-state index contributed by atoms with van der Waals surface area (Å²) in [6.45, 7) is 3.69. The van der Waals surface area contributed by atoms with Crippen LogP contribution in [0.1, 0.15) is 20.3 Å². The van der Waals surface area contributed by atoms with Gasteiger partial charge in [0.2, 0.25) is 0 Å². The minimum absolute atomic E-state index is 0.234. The first kappa shape index (κ1) is 11.5. The Morgan fingerprint density at radius 1 is 0.947 bits per heavy atom. The molecule has 4 nitrogen and oxygen atoms in total. The van der Waals surface area contributed by atoms with E-state index in [-0.39, 0.29) is 11.9 Å². The maximum Gasteiger partial charge on any atom is 0.302 e. The molecule has 19 heavy (non-hydrogen) atoms. The van der Waals surface area contributed by atoms with E-state index in [2.05, 4.69) is 0 Å². The number of rotatable bonds is 4. The van der Waals surface area contributed by atoms with Crippen molar-refractivity contribution in [3.8, 4) is 0 Å². The third kappa shape index (κ3) is 1.40. The summed E-state index contributed by atoms with van der Waals surface area (Å²) >= 11 is 0. The van der Waals surface area contributed by atoms with Crippen LogP contribution >= 0.6 is 0 Å². The standard InChI is InChI=1S/C15H18O4/c1-6(16)18-4-10-11(5-19-7(2)17)13-8-3-9-14(12(8)10)15(9)13/h8-9,12-15H,3-5H2,1-2H3. The topological polar surface area (TPSA) is 52.6 Å². The predicted molar refractivity (Wildman–Crippen MR) is 65.8 cm³/mol. The molecule has 102 valence electrons. The summed E-state index contributed by atoms with van der Waals surface area (Å²) in [5.41, 5.74) is 2.54. The minimum atomic E-state index is -0.234. The Bertz CT molecular complexity index is 464. The number of carbonyl (C=O) groups is 2. The van der Waals surface area contributed by atoms with Gasteiger partial charge in [-0.05, 0) is 53.1 Å². The number of ether oxygens (including phenoxy) is 2. The van der Waals surface area contributed by atoms with Gasteiger partial charge in [-0.1, -0.05) is 0 Å². The largest absolute Gasteiger partial charge is 0.461 e. The Morgan fingerprint density at radius 3 is 1.79 bits per heavy atom. The third-order valence-electron chi connectivity index (χ3n) is 5.67. The summed E-state index contributed by atoms with van der Waals surface area (Å²) in [6.07, 6.45) is 1.33. The van der Waals surface area contributed by atoms with Gasteiger partial charge < -0.3 is 9.47 Å². The van der Waals surface area contributed by atoms with Gasteiger partial charge >= 0.3 is 11.9 Å². The van der Waals surface area contributed by atoms with Crippen LogP contribution in [0.3, 0.4) is 0 Å². The van der Waals surface area contributed by atoms with E-state index in [1.54, 1.807) is 0 Å². The molecule has 6 bridgehead atoms. The molecule has 4 atom stereocenters. The lowest BCUT2D eigenvalue weighted by molar-refractivity contribution is -0.141. The molecule has 5 aliphatic carbocycles. The molecule has 4 heteroatoms. The first-order valence-electron chi connectivity index (χ1n) is 7.08. The lowest BCUT2D eigenvalue weighted by atomic mass is 9.92. The van der Waals surface area contributed by atoms with Gasteiger partial charge in [0, 0.05) is 13.8 Å². The van der Waals surface area contributed by atoms with Crippen LogP contribution in [0.4, 0.5) is 0 Å². The highest BCUT2D eigenvalue weighted by Gasteiger charge is 2.77. The second-order valence-electron chi connectivity index (χ2n) is 6.38. The molecule has 0 heterocycles. The van der Waals surface area contributed by atoms with Gasteiger partial charge in [-0.2, -0.15) is 0 Å². The zero-order valence-electron chi connectivity index (χ0n) is 11.2. The molecule has 0 radical (unpaired) electrons. The molecule has 5 aliphatic rings. The zero-order valence-corrected chi connectivity index (χ0v) is 11.2. The highest BCUT2D eigenvalue weighted by atomic mass is 16.5. The lowest BCUT2D eigenvalue weighted by Gasteiger charge is -2.19. The van der Waals surface area contributed by atoms with Crippen LogP contribution in [0.15, 0.2) is 11.1 Å². The first-order valence-corrected chi connectivity index (χ1v) is 7.08. The summed E-state index contributed by atoms with van der Waals surface area (Å²) in [4.78, 5) is 22.1. The van der Waals surface area contributed by atoms with Crippen molar-refractivity contribution in [2.75, 3.05) is 13.2 Å². The van der Waals surface area contributed by atoms with E-state index in [4.69, 9.17) is 9.47 Å². The van der Waals surface area contributed by atoms with E-state index in [0.717, 1.165) is 23.7 Å². The fourth-order valence-electron chi connectivity index (χ4n) is 5.30. The summed E-state index contributed by atoms with van der Waals surface area (Å²) in [5.74, 6) is 4.11. The number of hydrogen-bond acceptors (Lipinski definition) is 4. The summed E-state index contributed by atoms with van der Waals surface area (Å²) in [7, 11) is 0. The van der Waals surface area contributed by atoms with Crippen LogP contribution in [0.25, 0.3) is 0 Å². The van der Waals surface area contributed by atoms with Crippen LogP contribution in [-0.2, 0) is 19.1 Å². The quantitative estimate of drug-likeness (QED) is 0.570. The molecule has 4 unspecified atom stereocenters. The van der Waals surface area contributed by atoms with Crippen molar-refractivity contribution < 1.29 is 19.1 Å². The summed E-state index contributed by atoms with van der Waals surface area (Å²) in [6, 6.07) is 0. The first-order chi connectivity index (χ1) is 9.09. The van der Waals surface area contributed by atoms with E-state index in [1.807, 2.05) is 0 Å². The summed E-state index contributed by atoms with van der Waals surface area (Å²) in [5, 5.41) is 0. The van der Waals surface area contributed by atoms with Gasteiger partial charge in [0.25, 0.3) is 0 Å². The molecule has 0 amide bonds. The van der Waals surface area contributed by atoms with Gasteiger partial charge in [0.15, 0.2) is 0 Å². The van der Waals surface area contributed by atoms with Crippen molar-refractivity contribution in [2.45, 2.75) is 20.3 Å². The van der Waals surface area contributed by atoms with E-state index >= 15 is 0 Å². The molecule has 0 aromatic rings. The van der Waals surface area contributed by atoms with E-state index in [1.165, 1.54) is 31.4 Å². The summed E-state index contributed by atoms with van der Waals surface area (Å²) < 4.78 is 10.4. The highest BCUT2D eigenvalue weighted by molar-refractivity contribution is 5.67. The molecule has 0 aromatic carbocycles. The van der Waals surface area contributed by atoms with Crippen molar-refractivity contribution >= 4 is 11.9 Å². The monoisotopic (exact) mass is 262 g/mol. The van der Waals surface area contributed by atoms with Crippen molar-refractivity contribution in [1.82, 2.24) is 0 Å². The Labute approximate surface area is 112 Å².